The Bertz CT molecular complexity index is 396. The summed E-state index contributed by atoms with van der Waals surface area (Å²) in [5.41, 5.74) is 5.82. The number of carbonyl (C=O) groups excluding carboxylic acids is 1. The van der Waals surface area contributed by atoms with Crippen molar-refractivity contribution in [3.05, 3.63) is 0 Å². The Morgan fingerprint density at radius 1 is 1.20 bits per heavy atom. The van der Waals surface area contributed by atoms with E-state index < -0.39 is 12.5 Å². The molecule has 2 aliphatic heterocycles. The van der Waals surface area contributed by atoms with Crippen LogP contribution in [-0.4, -0.2) is 42.7 Å². The number of hydrogen-bond acceptors (Lipinski definition) is 4. The van der Waals surface area contributed by atoms with Crippen LogP contribution in [0.4, 0.5) is 13.2 Å². The number of rotatable bonds is 3. The van der Waals surface area contributed by atoms with Crippen molar-refractivity contribution in [2.75, 3.05) is 0 Å². The quantitative estimate of drug-likeness (QED) is 0.802. The maximum absolute atomic E-state index is 12.0. The number of ether oxygens (including phenoxy) is 2. The Balaban J connectivity index is 1.41. The Morgan fingerprint density at radius 3 is 2.40 bits per heavy atom. The molecule has 3 N–H and O–H groups in total. The van der Waals surface area contributed by atoms with Crippen molar-refractivity contribution in [3.63, 3.8) is 0 Å². The van der Waals surface area contributed by atoms with E-state index in [-0.39, 0.29) is 49.0 Å². The van der Waals surface area contributed by atoms with Gasteiger partial charge in [-0.3, -0.25) is 9.53 Å². The predicted molar refractivity (Wildman–Crippen MR) is 61.5 cm³/mol. The van der Waals surface area contributed by atoms with Crippen molar-refractivity contribution in [2.45, 2.75) is 62.4 Å². The standard InChI is InChI=1S/C12H17F3N2O3/c13-12(14,15)20-6-1-5(2-6)17-11(18)7-3-10-8(16)4-9(7)19-10/h5-10H,1-4,16H2,(H,17,18)/t5?,6?,7-,8-,9+,10+/m1/s1. The summed E-state index contributed by atoms with van der Waals surface area (Å²) in [6.07, 6.45) is -3.96. The zero-order valence-electron chi connectivity index (χ0n) is 10.7. The smallest absolute Gasteiger partial charge is 0.372 e. The maximum atomic E-state index is 12.0. The molecular weight excluding hydrogens is 277 g/mol. The normalized spacial score (nSPS) is 43.4. The minimum absolute atomic E-state index is 0.00248. The molecule has 2 heterocycles. The summed E-state index contributed by atoms with van der Waals surface area (Å²) in [6.45, 7) is 0. The second kappa shape index (κ2) is 4.85. The van der Waals surface area contributed by atoms with Crippen LogP contribution in [0.3, 0.4) is 0 Å². The number of halogens is 3. The van der Waals surface area contributed by atoms with E-state index >= 15 is 0 Å². The molecule has 5 nitrogen and oxygen atoms in total. The molecule has 0 radical (unpaired) electrons. The highest BCUT2D eigenvalue weighted by molar-refractivity contribution is 5.80. The largest absolute Gasteiger partial charge is 0.522 e. The molecular formula is C12H17F3N2O3. The average molecular weight is 294 g/mol. The summed E-state index contributed by atoms with van der Waals surface area (Å²) >= 11 is 0. The van der Waals surface area contributed by atoms with E-state index in [1.165, 1.54) is 0 Å². The minimum atomic E-state index is -4.60. The molecule has 0 aromatic heterocycles. The zero-order chi connectivity index (χ0) is 14.5. The average Bonchev–Trinajstić information content (AvgIpc) is 2.82. The lowest BCUT2D eigenvalue weighted by molar-refractivity contribution is -0.351. The second-order valence-electron chi connectivity index (χ2n) is 5.82. The predicted octanol–water partition coefficient (Wildman–Crippen LogP) is 0.675. The van der Waals surface area contributed by atoms with E-state index in [0.29, 0.717) is 12.8 Å². The fourth-order valence-electron chi connectivity index (χ4n) is 3.25. The molecule has 8 heteroatoms. The van der Waals surface area contributed by atoms with Crippen LogP contribution in [0.1, 0.15) is 25.7 Å². The summed E-state index contributed by atoms with van der Waals surface area (Å²) in [4.78, 5) is 12.0. The van der Waals surface area contributed by atoms with Gasteiger partial charge in [-0.05, 0) is 25.7 Å². The number of nitrogens with two attached hydrogens (primary N) is 1. The van der Waals surface area contributed by atoms with Gasteiger partial charge in [0.1, 0.15) is 0 Å². The molecule has 0 spiro atoms. The third-order valence-corrected chi connectivity index (χ3v) is 4.34. The third-order valence-electron chi connectivity index (χ3n) is 4.34. The van der Waals surface area contributed by atoms with Crippen LogP contribution < -0.4 is 11.1 Å². The lowest BCUT2D eigenvalue weighted by Gasteiger charge is -2.36. The molecule has 0 aromatic rings. The lowest BCUT2D eigenvalue weighted by atomic mass is 9.84. The Hall–Kier alpha value is -0.860. The Morgan fingerprint density at radius 2 is 1.90 bits per heavy atom. The highest BCUT2D eigenvalue weighted by atomic mass is 19.4. The van der Waals surface area contributed by atoms with Gasteiger partial charge >= 0.3 is 6.36 Å². The van der Waals surface area contributed by atoms with Crippen LogP contribution in [0.15, 0.2) is 0 Å². The van der Waals surface area contributed by atoms with Gasteiger partial charge in [0.05, 0.1) is 24.2 Å². The van der Waals surface area contributed by atoms with E-state index in [4.69, 9.17) is 10.5 Å². The molecule has 2 saturated heterocycles. The van der Waals surface area contributed by atoms with E-state index in [1.807, 2.05) is 0 Å². The fourth-order valence-corrected chi connectivity index (χ4v) is 3.25. The molecule has 1 aliphatic carbocycles. The maximum Gasteiger partial charge on any atom is 0.522 e. The van der Waals surface area contributed by atoms with Gasteiger partial charge in [-0.15, -0.1) is 13.2 Å². The summed E-state index contributed by atoms with van der Waals surface area (Å²) in [5.74, 6) is -0.359. The molecule has 0 unspecified atom stereocenters. The molecule has 4 atom stereocenters. The summed E-state index contributed by atoms with van der Waals surface area (Å²) in [5, 5.41) is 2.77. The van der Waals surface area contributed by atoms with E-state index in [9.17, 15) is 18.0 Å². The molecule has 114 valence electrons. The van der Waals surface area contributed by atoms with Gasteiger partial charge in [-0.1, -0.05) is 0 Å². The molecule has 3 fully saturated rings. The Kier molecular flexibility index (Phi) is 3.42. The van der Waals surface area contributed by atoms with E-state index in [2.05, 4.69) is 10.1 Å². The number of alkyl halides is 3. The van der Waals surface area contributed by atoms with Crippen LogP contribution in [-0.2, 0) is 14.3 Å². The highest BCUT2D eigenvalue weighted by Gasteiger charge is 2.49. The molecule has 3 rings (SSSR count). The summed E-state index contributed by atoms with van der Waals surface area (Å²) < 4.78 is 45.3. The number of carbonyl (C=O) groups is 1. The number of amides is 1. The van der Waals surface area contributed by atoms with Gasteiger partial charge in [0.25, 0.3) is 0 Å². The molecule has 2 bridgehead atoms. The van der Waals surface area contributed by atoms with Crippen LogP contribution in [0, 0.1) is 5.92 Å². The SMILES string of the molecule is N[C@@H]1C[C@@H]2O[C@H]1C[C@H]2C(=O)NC1CC(OC(F)(F)F)C1. The number of hydrogen-bond donors (Lipinski definition) is 2. The van der Waals surface area contributed by atoms with Gasteiger partial charge < -0.3 is 15.8 Å². The van der Waals surface area contributed by atoms with Crippen molar-refractivity contribution >= 4 is 5.91 Å². The second-order valence-corrected chi connectivity index (χ2v) is 5.82. The van der Waals surface area contributed by atoms with Crippen molar-refractivity contribution in [1.82, 2.24) is 5.32 Å². The summed E-state index contributed by atoms with van der Waals surface area (Å²) in [7, 11) is 0. The lowest BCUT2D eigenvalue weighted by Crippen LogP contribution is -2.52. The topological polar surface area (TPSA) is 73.6 Å². The third kappa shape index (κ3) is 2.77. The molecule has 1 amide bonds. The molecule has 20 heavy (non-hydrogen) atoms. The Labute approximate surface area is 114 Å². The first-order valence-electron chi connectivity index (χ1n) is 6.78. The first kappa shape index (κ1) is 14.1. The first-order chi connectivity index (χ1) is 9.32. The van der Waals surface area contributed by atoms with Gasteiger partial charge in [0.2, 0.25) is 5.91 Å². The van der Waals surface area contributed by atoms with Crippen LogP contribution in [0.2, 0.25) is 0 Å². The van der Waals surface area contributed by atoms with E-state index in [0.717, 1.165) is 0 Å². The zero-order valence-corrected chi connectivity index (χ0v) is 10.7. The van der Waals surface area contributed by atoms with Gasteiger partial charge in [0, 0.05) is 12.1 Å². The summed E-state index contributed by atoms with van der Waals surface area (Å²) in [6, 6.07) is -0.236. The van der Waals surface area contributed by atoms with Crippen molar-refractivity contribution < 1.29 is 27.4 Å². The molecule has 0 aromatic carbocycles. The highest BCUT2D eigenvalue weighted by Crippen LogP contribution is 2.39. The number of nitrogens with one attached hydrogen (secondary N) is 1. The van der Waals surface area contributed by atoms with Crippen molar-refractivity contribution in [2.24, 2.45) is 11.7 Å². The fraction of sp³-hybridized carbons (Fsp3) is 0.917. The van der Waals surface area contributed by atoms with Gasteiger partial charge in [-0.2, -0.15) is 0 Å². The van der Waals surface area contributed by atoms with Gasteiger partial charge in [0.15, 0.2) is 0 Å². The van der Waals surface area contributed by atoms with E-state index in [1.54, 1.807) is 0 Å². The van der Waals surface area contributed by atoms with Crippen LogP contribution in [0.25, 0.3) is 0 Å². The minimum Gasteiger partial charge on any atom is -0.372 e. The van der Waals surface area contributed by atoms with Crippen LogP contribution >= 0.6 is 0 Å². The number of fused-ring (bicyclic) bond motifs is 2. The molecule has 1 saturated carbocycles. The van der Waals surface area contributed by atoms with Crippen LogP contribution in [0.5, 0.6) is 0 Å². The van der Waals surface area contributed by atoms with Gasteiger partial charge in [-0.25, -0.2) is 0 Å². The first-order valence-corrected chi connectivity index (χ1v) is 6.78. The van der Waals surface area contributed by atoms with Crippen molar-refractivity contribution in [1.29, 1.82) is 0 Å². The van der Waals surface area contributed by atoms with Crippen molar-refractivity contribution in [3.8, 4) is 0 Å². The monoisotopic (exact) mass is 294 g/mol. The molecule has 3 aliphatic rings.